The summed E-state index contributed by atoms with van der Waals surface area (Å²) in [6.07, 6.45) is 0.520. The van der Waals surface area contributed by atoms with Gasteiger partial charge in [-0.1, -0.05) is 0 Å². The number of nitro groups is 1. The molecule has 32 heavy (non-hydrogen) atoms. The van der Waals surface area contributed by atoms with Gasteiger partial charge >= 0.3 is 5.97 Å². The number of amides is 2. The third kappa shape index (κ3) is 5.05. The number of rotatable bonds is 6. The quantitative estimate of drug-likeness (QED) is 0.411. The van der Waals surface area contributed by atoms with Gasteiger partial charge in [-0.25, -0.2) is 8.78 Å². The van der Waals surface area contributed by atoms with Crippen LogP contribution in [0.3, 0.4) is 0 Å². The molecular weight excluding hydrogens is 428 g/mol. The van der Waals surface area contributed by atoms with Crippen LogP contribution in [0.25, 0.3) is 0 Å². The predicted molar refractivity (Wildman–Crippen MR) is 106 cm³/mol. The Labute approximate surface area is 180 Å². The van der Waals surface area contributed by atoms with Gasteiger partial charge in [-0.15, -0.1) is 0 Å². The van der Waals surface area contributed by atoms with Crippen molar-refractivity contribution in [3.8, 4) is 0 Å². The lowest BCUT2D eigenvalue weighted by atomic mass is 9.96. The van der Waals surface area contributed by atoms with Crippen LogP contribution in [-0.4, -0.2) is 40.7 Å². The Morgan fingerprint density at radius 2 is 1.81 bits per heavy atom. The molecule has 1 heterocycles. The van der Waals surface area contributed by atoms with Crippen molar-refractivity contribution in [3.05, 3.63) is 74.8 Å². The highest BCUT2D eigenvalue weighted by Crippen LogP contribution is 2.24. The van der Waals surface area contributed by atoms with Crippen LogP contribution in [0, 0.1) is 27.7 Å². The van der Waals surface area contributed by atoms with Crippen LogP contribution in [0.1, 0.15) is 39.1 Å². The fraction of sp³-hybridized carbons (Fsp3) is 0.286. The van der Waals surface area contributed by atoms with E-state index in [0.717, 1.165) is 18.2 Å². The first-order chi connectivity index (χ1) is 15.2. The molecule has 0 aliphatic carbocycles. The van der Waals surface area contributed by atoms with Crippen LogP contribution in [0.5, 0.6) is 0 Å². The van der Waals surface area contributed by atoms with Gasteiger partial charge in [0.25, 0.3) is 11.6 Å². The van der Waals surface area contributed by atoms with Crippen LogP contribution in [0.2, 0.25) is 0 Å². The summed E-state index contributed by atoms with van der Waals surface area (Å²) in [7, 11) is 0. The number of nitrogens with zero attached hydrogens (tertiary/aromatic N) is 2. The molecule has 0 bridgehead atoms. The van der Waals surface area contributed by atoms with Gasteiger partial charge in [0.15, 0.2) is 0 Å². The first-order valence-corrected chi connectivity index (χ1v) is 9.65. The molecule has 1 saturated heterocycles. The van der Waals surface area contributed by atoms with Crippen molar-refractivity contribution in [2.24, 2.45) is 11.7 Å². The number of carbonyl (C=O) groups is 3. The first-order valence-electron chi connectivity index (χ1n) is 9.65. The van der Waals surface area contributed by atoms with Crippen molar-refractivity contribution in [2.45, 2.75) is 19.4 Å². The molecule has 0 spiro atoms. The van der Waals surface area contributed by atoms with Gasteiger partial charge in [0.2, 0.25) is 5.91 Å². The Hall–Kier alpha value is -3.89. The minimum atomic E-state index is -0.958. The number of nitrogens with two attached hydrogens (primary N) is 1. The summed E-state index contributed by atoms with van der Waals surface area (Å²) in [5.74, 6) is -4.29. The zero-order valence-electron chi connectivity index (χ0n) is 16.8. The zero-order valence-corrected chi connectivity index (χ0v) is 16.8. The Morgan fingerprint density at radius 1 is 1.12 bits per heavy atom. The largest absolute Gasteiger partial charge is 0.460 e. The average molecular weight is 447 g/mol. The molecule has 1 aliphatic heterocycles. The van der Waals surface area contributed by atoms with Crippen molar-refractivity contribution >= 4 is 23.5 Å². The van der Waals surface area contributed by atoms with Gasteiger partial charge in [-0.3, -0.25) is 24.5 Å². The highest BCUT2D eigenvalue weighted by Gasteiger charge is 2.30. The summed E-state index contributed by atoms with van der Waals surface area (Å²) in [6, 6.07) is 6.32. The number of likely N-dealkylation sites (tertiary alicyclic amines) is 1. The highest BCUT2D eigenvalue weighted by atomic mass is 19.1. The summed E-state index contributed by atoms with van der Waals surface area (Å²) in [5, 5.41) is 11.2. The van der Waals surface area contributed by atoms with Crippen LogP contribution < -0.4 is 5.73 Å². The number of halogens is 2. The van der Waals surface area contributed by atoms with E-state index in [-0.39, 0.29) is 49.2 Å². The fourth-order valence-electron chi connectivity index (χ4n) is 3.43. The third-order valence-corrected chi connectivity index (χ3v) is 5.21. The maximum atomic E-state index is 13.8. The normalized spacial score (nSPS) is 14.1. The van der Waals surface area contributed by atoms with Gasteiger partial charge in [0, 0.05) is 30.8 Å². The molecule has 0 unspecified atom stereocenters. The Kier molecular flexibility index (Phi) is 6.76. The second-order valence-electron chi connectivity index (χ2n) is 7.26. The van der Waals surface area contributed by atoms with Crippen molar-refractivity contribution < 1.29 is 32.8 Å². The molecule has 1 aliphatic rings. The van der Waals surface area contributed by atoms with Crippen LogP contribution in [0.15, 0.2) is 36.4 Å². The average Bonchev–Trinajstić information content (AvgIpc) is 2.77. The lowest BCUT2D eigenvalue weighted by Crippen LogP contribution is -2.41. The molecule has 0 saturated carbocycles. The van der Waals surface area contributed by atoms with Crippen molar-refractivity contribution in [2.75, 3.05) is 13.1 Å². The van der Waals surface area contributed by atoms with E-state index in [1.54, 1.807) is 0 Å². The molecule has 3 rings (SSSR count). The second-order valence-corrected chi connectivity index (χ2v) is 7.26. The molecule has 0 radical (unpaired) electrons. The predicted octanol–water partition coefficient (Wildman–Crippen LogP) is 2.57. The summed E-state index contributed by atoms with van der Waals surface area (Å²) >= 11 is 0. The third-order valence-electron chi connectivity index (χ3n) is 5.21. The molecule has 2 aromatic carbocycles. The monoisotopic (exact) mass is 447 g/mol. The summed E-state index contributed by atoms with van der Waals surface area (Å²) in [5.41, 5.74) is 4.55. The van der Waals surface area contributed by atoms with E-state index in [9.17, 15) is 33.3 Å². The number of piperidine rings is 1. The number of carbonyl (C=O) groups excluding carboxylic acids is 3. The van der Waals surface area contributed by atoms with Crippen molar-refractivity contribution in [1.29, 1.82) is 0 Å². The van der Waals surface area contributed by atoms with E-state index in [1.807, 2.05) is 0 Å². The lowest BCUT2D eigenvalue weighted by Gasteiger charge is -2.31. The van der Waals surface area contributed by atoms with Gasteiger partial charge < -0.3 is 15.4 Å². The highest BCUT2D eigenvalue weighted by molar-refractivity contribution is 5.95. The van der Waals surface area contributed by atoms with Crippen LogP contribution >= 0.6 is 0 Å². The molecule has 11 heteroatoms. The van der Waals surface area contributed by atoms with Crippen LogP contribution in [0.4, 0.5) is 14.5 Å². The number of nitro benzene ring substituents is 1. The molecule has 1 fully saturated rings. The standard InChI is InChI=1S/C21H19F2N3O6/c22-15-3-4-16(17(23)10-15)20(28)25-7-5-12(6-8-25)21(29)32-11-14-2-1-13(19(24)27)9-18(14)26(30)31/h1-4,9-10,12H,5-8,11H2,(H2,24,27). The summed E-state index contributed by atoms with van der Waals surface area (Å²) in [6.45, 7) is -0.0279. The van der Waals surface area contributed by atoms with Gasteiger partial charge in [0.1, 0.15) is 18.2 Å². The number of hydrogen-bond acceptors (Lipinski definition) is 6. The number of ether oxygens (including phenoxy) is 1. The molecule has 2 aromatic rings. The maximum Gasteiger partial charge on any atom is 0.309 e. The number of primary amides is 1. The van der Waals surface area contributed by atoms with Crippen molar-refractivity contribution in [3.63, 3.8) is 0 Å². The SMILES string of the molecule is NC(=O)c1ccc(COC(=O)C2CCN(C(=O)c3ccc(F)cc3F)CC2)c([N+](=O)[O-])c1. The summed E-state index contributed by atoms with van der Waals surface area (Å²) in [4.78, 5) is 47.9. The lowest BCUT2D eigenvalue weighted by molar-refractivity contribution is -0.385. The molecule has 0 aromatic heterocycles. The minimum absolute atomic E-state index is 0.0404. The minimum Gasteiger partial charge on any atom is -0.460 e. The van der Waals surface area contributed by atoms with E-state index in [4.69, 9.17) is 10.5 Å². The molecule has 0 atom stereocenters. The second kappa shape index (κ2) is 9.50. The Morgan fingerprint density at radius 3 is 2.41 bits per heavy atom. The molecule has 2 N–H and O–H groups in total. The maximum absolute atomic E-state index is 13.8. The number of esters is 1. The number of hydrogen-bond donors (Lipinski definition) is 1. The van der Waals surface area contributed by atoms with Crippen molar-refractivity contribution in [1.82, 2.24) is 4.90 Å². The van der Waals surface area contributed by atoms with E-state index < -0.39 is 45.9 Å². The Bertz CT molecular complexity index is 1080. The smallest absolute Gasteiger partial charge is 0.309 e. The van der Waals surface area contributed by atoms with Crippen LogP contribution in [-0.2, 0) is 16.1 Å². The van der Waals surface area contributed by atoms with Gasteiger partial charge in [0.05, 0.1) is 22.0 Å². The van der Waals surface area contributed by atoms with E-state index >= 15 is 0 Å². The van der Waals surface area contributed by atoms with E-state index in [1.165, 1.54) is 17.0 Å². The van der Waals surface area contributed by atoms with E-state index in [2.05, 4.69) is 0 Å². The molecule has 2 amide bonds. The van der Waals surface area contributed by atoms with Gasteiger partial charge in [-0.05, 0) is 37.1 Å². The molecule has 9 nitrogen and oxygen atoms in total. The molecule has 168 valence electrons. The topological polar surface area (TPSA) is 133 Å². The zero-order chi connectivity index (χ0) is 23.4. The van der Waals surface area contributed by atoms with Gasteiger partial charge in [-0.2, -0.15) is 0 Å². The van der Waals surface area contributed by atoms with E-state index in [0.29, 0.717) is 6.07 Å². The summed E-state index contributed by atoms with van der Waals surface area (Å²) < 4.78 is 32.1. The Balaban J connectivity index is 1.58. The molecular formula is C21H19F2N3O6. The number of benzene rings is 2. The first kappa shape index (κ1) is 22.8. The fourth-order valence-corrected chi connectivity index (χ4v) is 3.43.